The summed E-state index contributed by atoms with van der Waals surface area (Å²) in [6.07, 6.45) is 7.35. The van der Waals surface area contributed by atoms with Gasteiger partial charge in [0.2, 0.25) is 0 Å². The van der Waals surface area contributed by atoms with E-state index in [9.17, 15) is 18.7 Å². The Morgan fingerprint density at radius 3 is 2.83 bits per heavy atom. The second-order valence-corrected chi connectivity index (χ2v) is 6.16. The van der Waals surface area contributed by atoms with E-state index in [1.165, 1.54) is 36.7 Å². The number of fused-ring (bicyclic) bond motifs is 1. The van der Waals surface area contributed by atoms with Crippen molar-refractivity contribution in [2.24, 2.45) is 0 Å². The van der Waals surface area contributed by atoms with Gasteiger partial charge < -0.3 is 10.4 Å². The topological polar surface area (TPSA) is 80.0 Å². The van der Waals surface area contributed by atoms with Gasteiger partial charge in [-0.2, -0.15) is 5.10 Å². The number of allylic oxidation sites excluding steroid dienone is 5. The van der Waals surface area contributed by atoms with Crippen molar-refractivity contribution in [2.45, 2.75) is 13.5 Å². The zero-order chi connectivity index (χ0) is 21.0. The first kappa shape index (κ1) is 19.9. The summed E-state index contributed by atoms with van der Waals surface area (Å²) >= 11 is 0. The molecule has 2 heterocycles. The number of nitrogens with zero attached hydrogens (tertiary/aromatic N) is 3. The minimum Gasteiger partial charge on any atom is -0.478 e. The summed E-state index contributed by atoms with van der Waals surface area (Å²) in [6.45, 7) is 5.29. The van der Waals surface area contributed by atoms with Gasteiger partial charge in [-0.1, -0.05) is 18.7 Å². The van der Waals surface area contributed by atoms with Gasteiger partial charge in [0.05, 0.1) is 29.5 Å². The van der Waals surface area contributed by atoms with E-state index in [4.69, 9.17) is 0 Å². The van der Waals surface area contributed by atoms with Crippen LogP contribution in [0.1, 0.15) is 17.3 Å². The SMILES string of the molecule is C=C(F)/C=C\C(=C/C)Cn1nc(Nc2cnccc2C(=O)O)c2cc(F)ccc21. The van der Waals surface area contributed by atoms with E-state index in [0.717, 1.165) is 5.57 Å². The molecule has 0 fully saturated rings. The molecule has 0 unspecified atom stereocenters. The number of hydrogen-bond donors (Lipinski definition) is 2. The molecule has 148 valence electrons. The molecule has 1 aromatic carbocycles. The Kier molecular flexibility index (Phi) is 5.82. The normalized spacial score (nSPS) is 11.9. The Balaban J connectivity index is 2.04. The number of aromatic carboxylic acids is 1. The highest BCUT2D eigenvalue weighted by atomic mass is 19.1. The lowest BCUT2D eigenvalue weighted by atomic mass is 10.2. The van der Waals surface area contributed by atoms with Gasteiger partial charge in [0.15, 0.2) is 5.82 Å². The average Bonchev–Trinajstić information content (AvgIpc) is 3.01. The molecule has 0 radical (unpaired) electrons. The molecule has 3 aromatic rings. The minimum absolute atomic E-state index is 0.0117. The Morgan fingerprint density at radius 1 is 1.34 bits per heavy atom. The molecule has 2 N–H and O–H groups in total. The van der Waals surface area contributed by atoms with Crippen molar-refractivity contribution in [1.29, 1.82) is 0 Å². The van der Waals surface area contributed by atoms with Crippen LogP contribution in [0, 0.1) is 5.82 Å². The third kappa shape index (κ3) is 4.55. The smallest absolute Gasteiger partial charge is 0.337 e. The number of halogens is 2. The van der Waals surface area contributed by atoms with E-state index >= 15 is 0 Å². The van der Waals surface area contributed by atoms with Crippen LogP contribution in [-0.4, -0.2) is 25.8 Å². The first-order valence-electron chi connectivity index (χ1n) is 8.67. The molecule has 29 heavy (non-hydrogen) atoms. The number of hydrogen-bond acceptors (Lipinski definition) is 4. The van der Waals surface area contributed by atoms with Crippen molar-refractivity contribution in [1.82, 2.24) is 14.8 Å². The molecule has 2 aromatic heterocycles. The molecule has 6 nitrogen and oxygen atoms in total. The lowest BCUT2D eigenvalue weighted by Gasteiger charge is -2.06. The van der Waals surface area contributed by atoms with Crippen molar-refractivity contribution >= 4 is 28.4 Å². The average molecular weight is 396 g/mol. The van der Waals surface area contributed by atoms with Crippen LogP contribution in [-0.2, 0) is 6.54 Å². The van der Waals surface area contributed by atoms with E-state index in [1.807, 2.05) is 0 Å². The monoisotopic (exact) mass is 396 g/mol. The fraction of sp³-hybridized carbons (Fsp3) is 0.0952. The molecule has 8 heteroatoms. The molecular formula is C21H18F2N4O2. The van der Waals surface area contributed by atoms with E-state index in [2.05, 4.69) is 22.0 Å². The molecule has 0 spiro atoms. The maximum atomic E-state index is 13.9. The van der Waals surface area contributed by atoms with Crippen LogP contribution in [0.5, 0.6) is 0 Å². The van der Waals surface area contributed by atoms with Gasteiger partial charge in [-0.05, 0) is 42.8 Å². The summed E-state index contributed by atoms with van der Waals surface area (Å²) in [4.78, 5) is 15.4. The Morgan fingerprint density at radius 2 is 2.14 bits per heavy atom. The predicted octanol–water partition coefficient (Wildman–Crippen LogP) is 5.00. The van der Waals surface area contributed by atoms with E-state index in [-0.39, 0.29) is 17.1 Å². The number of aromatic nitrogens is 3. The summed E-state index contributed by atoms with van der Waals surface area (Å²) in [5.74, 6) is -1.87. The fourth-order valence-electron chi connectivity index (χ4n) is 2.78. The molecule has 0 saturated heterocycles. The Hall–Kier alpha value is -3.81. The maximum absolute atomic E-state index is 13.9. The number of nitrogens with one attached hydrogen (secondary N) is 1. The summed E-state index contributed by atoms with van der Waals surface area (Å²) in [5, 5.41) is 17.2. The molecule has 0 aliphatic rings. The molecular weight excluding hydrogens is 378 g/mol. The first-order chi connectivity index (χ1) is 13.9. The number of carbonyl (C=O) groups is 1. The van der Waals surface area contributed by atoms with Gasteiger partial charge in [0, 0.05) is 11.6 Å². The van der Waals surface area contributed by atoms with Gasteiger partial charge in [0.1, 0.15) is 11.6 Å². The standard InChI is InChI=1S/C21H18F2N4O2/c1-3-14(5-4-13(2)22)12-27-19-7-6-15(23)10-17(19)20(26-27)25-18-11-24-9-8-16(18)21(28)29/h3-11H,2,12H2,1H3,(H,25,26)(H,28,29)/b5-4-,14-3+. The number of benzene rings is 1. The zero-order valence-electron chi connectivity index (χ0n) is 15.6. The fourth-order valence-corrected chi connectivity index (χ4v) is 2.78. The molecule has 0 aliphatic heterocycles. The van der Waals surface area contributed by atoms with Crippen LogP contribution < -0.4 is 5.32 Å². The Labute approximate surface area is 165 Å². The molecule has 0 amide bonds. The lowest BCUT2D eigenvalue weighted by Crippen LogP contribution is -2.05. The van der Waals surface area contributed by atoms with Crippen LogP contribution in [0.4, 0.5) is 20.3 Å². The Bertz CT molecular complexity index is 1150. The van der Waals surface area contributed by atoms with Gasteiger partial charge in [0.25, 0.3) is 0 Å². The zero-order valence-corrected chi connectivity index (χ0v) is 15.6. The van der Waals surface area contributed by atoms with Crippen molar-refractivity contribution < 1.29 is 18.7 Å². The summed E-state index contributed by atoms with van der Waals surface area (Å²) in [7, 11) is 0. The van der Waals surface area contributed by atoms with Gasteiger partial charge in [-0.15, -0.1) is 0 Å². The van der Waals surface area contributed by atoms with Gasteiger partial charge in [-0.25, -0.2) is 13.6 Å². The van der Waals surface area contributed by atoms with E-state index in [1.54, 1.807) is 29.8 Å². The molecule has 0 aliphatic carbocycles. The lowest BCUT2D eigenvalue weighted by molar-refractivity contribution is 0.0698. The third-order valence-electron chi connectivity index (χ3n) is 4.20. The molecule has 0 saturated carbocycles. The van der Waals surface area contributed by atoms with Crippen molar-refractivity contribution in [2.75, 3.05) is 5.32 Å². The minimum atomic E-state index is -1.13. The predicted molar refractivity (Wildman–Crippen MR) is 107 cm³/mol. The highest BCUT2D eigenvalue weighted by Crippen LogP contribution is 2.28. The van der Waals surface area contributed by atoms with Crippen LogP contribution in [0.25, 0.3) is 10.9 Å². The second kappa shape index (κ2) is 8.47. The maximum Gasteiger partial charge on any atom is 0.337 e. The summed E-state index contributed by atoms with van der Waals surface area (Å²) < 4.78 is 28.4. The number of carboxylic acids is 1. The van der Waals surface area contributed by atoms with E-state index in [0.29, 0.717) is 17.4 Å². The van der Waals surface area contributed by atoms with Crippen LogP contribution in [0.2, 0.25) is 0 Å². The largest absolute Gasteiger partial charge is 0.478 e. The molecule has 0 atom stereocenters. The number of rotatable bonds is 7. The number of pyridine rings is 1. The molecule has 0 bridgehead atoms. The van der Waals surface area contributed by atoms with Crippen LogP contribution >= 0.6 is 0 Å². The van der Waals surface area contributed by atoms with Crippen LogP contribution in [0.3, 0.4) is 0 Å². The third-order valence-corrected chi connectivity index (χ3v) is 4.20. The quantitative estimate of drug-likeness (QED) is 0.550. The van der Waals surface area contributed by atoms with Crippen LogP contribution in [0.15, 0.2) is 72.9 Å². The second-order valence-electron chi connectivity index (χ2n) is 6.16. The van der Waals surface area contributed by atoms with Crippen molar-refractivity contribution in [3.05, 3.63) is 84.2 Å². The van der Waals surface area contributed by atoms with Crippen molar-refractivity contribution in [3.63, 3.8) is 0 Å². The summed E-state index contributed by atoms with van der Waals surface area (Å²) in [6, 6.07) is 5.56. The number of anilines is 2. The molecule has 3 rings (SSSR count). The summed E-state index contributed by atoms with van der Waals surface area (Å²) in [5.41, 5.74) is 1.63. The van der Waals surface area contributed by atoms with Crippen molar-refractivity contribution in [3.8, 4) is 0 Å². The van der Waals surface area contributed by atoms with Gasteiger partial charge in [-0.3, -0.25) is 9.67 Å². The van der Waals surface area contributed by atoms with Gasteiger partial charge >= 0.3 is 5.97 Å². The number of carboxylic acid groups (broad SMARTS) is 1. The van der Waals surface area contributed by atoms with E-state index < -0.39 is 17.6 Å². The highest BCUT2D eigenvalue weighted by molar-refractivity contribution is 5.97. The highest BCUT2D eigenvalue weighted by Gasteiger charge is 2.16. The first-order valence-corrected chi connectivity index (χ1v) is 8.67.